The molecule has 0 aromatic rings. The van der Waals surface area contributed by atoms with Crippen molar-refractivity contribution in [3.05, 3.63) is 0 Å². The van der Waals surface area contributed by atoms with Crippen LogP contribution in [0.3, 0.4) is 0 Å². The highest BCUT2D eigenvalue weighted by atomic mass is 16.5. The Hall–Kier alpha value is -2.56. The molecular formula is C12H16N2O6. The lowest BCUT2D eigenvalue weighted by atomic mass is 10.5. The van der Waals surface area contributed by atoms with Gasteiger partial charge in [0.05, 0.1) is 13.2 Å². The molecule has 0 atom stereocenters. The average molecular weight is 284 g/mol. The van der Waals surface area contributed by atoms with Crippen LogP contribution in [-0.2, 0) is 28.7 Å². The Kier molecular flexibility index (Phi) is 9.04. The molecule has 0 rings (SSSR count). The normalized spacial score (nSPS) is 8.70. The molecule has 0 aliphatic rings. The second-order valence-electron chi connectivity index (χ2n) is 3.23. The molecule has 0 heterocycles. The molecule has 0 aromatic carbocycles. The molecule has 0 spiro atoms. The Balaban J connectivity index is 3.98. The molecule has 0 aromatic heterocycles. The summed E-state index contributed by atoms with van der Waals surface area (Å²) in [5.41, 5.74) is 0. The van der Waals surface area contributed by atoms with Crippen LogP contribution in [0.25, 0.3) is 0 Å². The van der Waals surface area contributed by atoms with E-state index in [0.717, 1.165) is 0 Å². The summed E-state index contributed by atoms with van der Waals surface area (Å²) >= 11 is 0. The van der Waals surface area contributed by atoms with E-state index in [0.29, 0.717) is 0 Å². The standard InChI is InChI=1S/C12H16N2O6/c1-3-19-11(17)7-13-9(15)5-6-10(16)14-8-12(18)20-4-2/h3-4,7-8H2,1-2H3,(H,13,15)(H,14,16). The third-order valence-electron chi connectivity index (χ3n) is 1.69. The Morgan fingerprint density at radius 2 is 1.15 bits per heavy atom. The van der Waals surface area contributed by atoms with E-state index in [1.807, 2.05) is 11.8 Å². The number of hydrogen-bond acceptors (Lipinski definition) is 6. The molecule has 20 heavy (non-hydrogen) atoms. The van der Waals surface area contributed by atoms with Gasteiger partial charge in [-0.15, -0.1) is 0 Å². The van der Waals surface area contributed by atoms with Gasteiger partial charge in [-0.25, -0.2) is 0 Å². The molecule has 0 radical (unpaired) electrons. The zero-order valence-electron chi connectivity index (χ0n) is 11.3. The van der Waals surface area contributed by atoms with E-state index in [2.05, 4.69) is 20.1 Å². The molecule has 0 unspecified atom stereocenters. The fraction of sp³-hybridized carbons (Fsp3) is 0.500. The molecule has 110 valence electrons. The fourth-order valence-electron chi connectivity index (χ4n) is 0.931. The molecule has 0 saturated carbocycles. The molecule has 8 heteroatoms. The maximum atomic E-state index is 11.1. The smallest absolute Gasteiger partial charge is 0.325 e. The Morgan fingerprint density at radius 3 is 1.45 bits per heavy atom. The van der Waals surface area contributed by atoms with E-state index >= 15 is 0 Å². The van der Waals surface area contributed by atoms with Gasteiger partial charge >= 0.3 is 11.9 Å². The van der Waals surface area contributed by atoms with Gasteiger partial charge in [-0.05, 0) is 13.8 Å². The van der Waals surface area contributed by atoms with Gasteiger partial charge in [-0.3, -0.25) is 19.2 Å². The van der Waals surface area contributed by atoms with Crippen LogP contribution in [0, 0.1) is 11.8 Å². The van der Waals surface area contributed by atoms with Crippen LogP contribution >= 0.6 is 0 Å². The zero-order valence-corrected chi connectivity index (χ0v) is 11.3. The van der Waals surface area contributed by atoms with E-state index in [9.17, 15) is 19.2 Å². The van der Waals surface area contributed by atoms with Gasteiger partial charge in [-0.2, -0.15) is 0 Å². The first-order chi connectivity index (χ1) is 9.49. The third kappa shape index (κ3) is 9.47. The molecule has 0 aliphatic heterocycles. The number of amides is 2. The lowest BCUT2D eigenvalue weighted by molar-refractivity contribution is -0.143. The third-order valence-corrected chi connectivity index (χ3v) is 1.69. The number of hydrogen-bond donors (Lipinski definition) is 2. The van der Waals surface area contributed by atoms with Gasteiger partial charge in [0.2, 0.25) is 0 Å². The Morgan fingerprint density at radius 1 is 0.800 bits per heavy atom. The second kappa shape index (κ2) is 10.4. The van der Waals surface area contributed by atoms with Crippen LogP contribution in [0.5, 0.6) is 0 Å². The molecule has 0 fully saturated rings. The van der Waals surface area contributed by atoms with E-state index in [-0.39, 0.29) is 26.3 Å². The first kappa shape index (κ1) is 17.4. The van der Waals surface area contributed by atoms with Crippen molar-refractivity contribution < 1.29 is 28.7 Å². The SMILES string of the molecule is CCOC(=O)CNC(=O)C#CC(=O)NCC(=O)OCC. The van der Waals surface area contributed by atoms with Crippen LogP contribution in [0.15, 0.2) is 0 Å². The first-order valence-electron chi connectivity index (χ1n) is 5.88. The van der Waals surface area contributed by atoms with E-state index < -0.39 is 23.8 Å². The number of nitrogens with one attached hydrogen (secondary N) is 2. The summed E-state index contributed by atoms with van der Waals surface area (Å²) in [5, 5.41) is 4.30. The summed E-state index contributed by atoms with van der Waals surface area (Å²) < 4.78 is 9.15. The largest absolute Gasteiger partial charge is 0.465 e. The van der Waals surface area contributed by atoms with E-state index in [1.165, 1.54) is 0 Å². The van der Waals surface area contributed by atoms with Gasteiger partial charge in [0.1, 0.15) is 13.1 Å². The number of rotatable bonds is 6. The molecule has 2 N–H and O–H groups in total. The molecule has 8 nitrogen and oxygen atoms in total. The molecule has 0 bridgehead atoms. The summed E-state index contributed by atoms with van der Waals surface area (Å²) in [5.74, 6) is 1.12. The minimum atomic E-state index is -0.802. The predicted molar refractivity (Wildman–Crippen MR) is 67.1 cm³/mol. The maximum Gasteiger partial charge on any atom is 0.325 e. The molecule has 2 amide bonds. The quantitative estimate of drug-likeness (QED) is 0.446. The summed E-state index contributed by atoms with van der Waals surface area (Å²) in [7, 11) is 0. The Labute approximate surface area is 116 Å². The van der Waals surface area contributed by atoms with Crippen LogP contribution in [0.4, 0.5) is 0 Å². The van der Waals surface area contributed by atoms with Gasteiger partial charge < -0.3 is 20.1 Å². The van der Waals surface area contributed by atoms with Gasteiger partial charge in [-0.1, -0.05) is 0 Å². The molecular weight excluding hydrogens is 268 g/mol. The first-order valence-corrected chi connectivity index (χ1v) is 5.88. The summed E-state index contributed by atoms with van der Waals surface area (Å²) in [6.07, 6.45) is 0. The highest BCUT2D eigenvalue weighted by Crippen LogP contribution is 1.76. The fourth-order valence-corrected chi connectivity index (χ4v) is 0.931. The topological polar surface area (TPSA) is 111 Å². The molecule has 0 saturated heterocycles. The highest BCUT2D eigenvalue weighted by Gasteiger charge is 2.05. The maximum absolute atomic E-state index is 11.1. The van der Waals surface area contributed by atoms with E-state index in [4.69, 9.17) is 0 Å². The van der Waals surface area contributed by atoms with Crippen molar-refractivity contribution in [2.45, 2.75) is 13.8 Å². The lowest BCUT2D eigenvalue weighted by Crippen LogP contribution is -2.31. The van der Waals surface area contributed by atoms with Crippen LogP contribution < -0.4 is 10.6 Å². The summed E-state index contributed by atoms with van der Waals surface area (Å²) in [6.45, 7) is 3.02. The number of carbonyl (C=O) groups is 4. The Bertz CT molecular complexity index is 397. The van der Waals surface area contributed by atoms with Crippen molar-refractivity contribution in [2.24, 2.45) is 0 Å². The minimum Gasteiger partial charge on any atom is -0.465 e. The average Bonchev–Trinajstić information content (AvgIpc) is 2.41. The number of esters is 2. The van der Waals surface area contributed by atoms with Crippen LogP contribution in [0.1, 0.15) is 13.8 Å². The monoisotopic (exact) mass is 284 g/mol. The van der Waals surface area contributed by atoms with Gasteiger partial charge in [0, 0.05) is 11.8 Å². The second-order valence-corrected chi connectivity index (χ2v) is 3.23. The zero-order chi connectivity index (χ0) is 15.4. The molecule has 0 aliphatic carbocycles. The predicted octanol–water partition coefficient (Wildman–Crippen LogP) is -1.65. The van der Waals surface area contributed by atoms with Crippen molar-refractivity contribution in [3.63, 3.8) is 0 Å². The lowest BCUT2D eigenvalue weighted by Gasteiger charge is -2.01. The number of ether oxygens (including phenoxy) is 2. The minimum absolute atomic E-state index is 0.205. The summed E-state index contributed by atoms with van der Waals surface area (Å²) in [6, 6.07) is 0. The summed E-state index contributed by atoms with van der Waals surface area (Å²) in [4.78, 5) is 44.1. The van der Waals surface area contributed by atoms with Crippen LogP contribution in [0.2, 0.25) is 0 Å². The van der Waals surface area contributed by atoms with E-state index in [1.54, 1.807) is 13.8 Å². The van der Waals surface area contributed by atoms with Crippen molar-refractivity contribution >= 4 is 23.8 Å². The van der Waals surface area contributed by atoms with Crippen LogP contribution in [-0.4, -0.2) is 50.1 Å². The van der Waals surface area contributed by atoms with Crippen molar-refractivity contribution in [1.82, 2.24) is 10.6 Å². The number of carbonyl (C=O) groups excluding carboxylic acids is 4. The van der Waals surface area contributed by atoms with Gasteiger partial charge in [0.25, 0.3) is 11.8 Å². The van der Waals surface area contributed by atoms with Crippen molar-refractivity contribution in [3.8, 4) is 11.8 Å². The van der Waals surface area contributed by atoms with Crippen molar-refractivity contribution in [2.75, 3.05) is 26.3 Å². The highest BCUT2D eigenvalue weighted by molar-refractivity contribution is 6.04. The van der Waals surface area contributed by atoms with Gasteiger partial charge in [0.15, 0.2) is 0 Å². The van der Waals surface area contributed by atoms with Crippen molar-refractivity contribution in [1.29, 1.82) is 0 Å².